The molecule has 132 valence electrons. The van der Waals surface area contributed by atoms with E-state index in [1.165, 1.54) is 33.8 Å². The van der Waals surface area contributed by atoms with Crippen molar-refractivity contribution in [1.82, 2.24) is 20.1 Å². The molecule has 2 heterocycles. The van der Waals surface area contributed by atoms with Crippen molar-refractivity contribution >= 4 is 10.8 Å². The minimum Gasteiger partial charge on any atom is -0.301 e. The smallest absolute Gasteiger partial charge is 0.138 e. The summed E-state index contributed by atoms with van der Waals surface area (Å²) in [5, 5.41) is 10.3. The van der Waals surface area contributed by atoms with Gasteiger partial charge in [-0.1, -0.05) is 54.6 Å². The Hall–Kier alpha value is -3.11. The maximum atomic E-state index is 4.34. The highest BCUT2D eigenvalue weighted by molar-refractivity contribution is 5.83. The highest BCUT2D eigenvalue weighted by atomic mass is 15.1. The maximum absolute atomic E-state index is 4.34. The molecule has 1 aromatic heterocycles. The molecule has 0 fully saturated rings. The number of rotatable bonds is 2. The van der Waals surface area contributed by atoms with Gasteiger partial charge in [-0.15, -0.1) is 5.10 Å². The molecule has 0 spiro atoms. The van der Waals surface area contributed by atoms with E-state index in [1.54, 1.807) is 6.20 Å². The topological polar surface area (TPSA) is 41.9 Å². The fourth-order valence-electron chi connectivity index (χ4n) is 4.11. The molecule has 0 bridgehead atoms. The van der Waals surface area contributed by atoms with Crippen molar-refractivity contribution in [2.24, 2.45) is 0 Å². The zero-order valence-corrected chi connectivity index (χ0v) is 15.2. The Morgan fingerprint density at radius 3 is 2.67 bits per heavy atom. The van der Waals surface area contributed by atoms with E-state index in [0.717, 1.165) is 24.3 Å². The zero-order chi connectivity index (χ0) is 18.2. The third-order valence-electron chi connectivity index (χ3n) is 5.42. The minimum absolute atomic E-state index is 0.376. The fraction of sp³-hybridized carbons (Fsp3) is 0.174. The zero-order valence-electron chi connectivity index (χ0n) is 15.2. The Bertz CT molecular complexity index is 1110. The fourth-order valence-corrected chi connectivity index (χ4v) is 4.11. The van der Waals surface area contributed by atoms with Crippen LogP contribution in [0, 0.1) is 0 Å². The molecule has 27 heavy (non-hydrogen) atoms. The highest BCUT2D eigenvalue weighted by Crippen LogP contribution is 2.36. The van der Waals surface area contributed by atoms with Crippen LogP contribution in [0.15, 0.2) is 73.2 Å². The summed E-state index contributed by atoms with van der Waals surface area (Å²) >= 11 is 0. The van der Waals surface area contributed by atoms with Crippen LogP contribution in [0.2, 0.25) is 0 Å². The Balaban J connectivity index is 1.59. The van der Waals surface area contributed by atoms with Gasteiger partial charge in [0.05, 0.1) is 11.9 Å². The Labute approximate surface area is 158 Å². The van der Waals surface area contributed by atoms with Gasteiger partial charge in [-0.3, -0.25) is 0 Å². The molecule has 1 atom stereocenters. The van der Waals surface area contributed by atoms with Gasteiger partial charge in [-0.2, -0.15) is 5.10 Å². The Kier molecular flexibility index (Phi) is 3.91. The first kappa shape index (κ1) is 16.1. The number of aromatic nitrogens is 3. The van der Waals surface area contributed by atoms with Gasteiger partial charge in [-0.05, 0) is 40.6 Å². The van der Waals surface area contributed by atoms with Crippen molar-refractivity contribution in [3.63, 3.8) is 0 Å². The van der Waals surface area contributed by atoms with Crippen LogP contribution in [-0.2, 0) is 6.54 Å². The SMILES string of the molecule is CN1Cc2cc(-c3cnncn3)ccc2C(c2ccc3ccccc3c2)C1. The molecule has 0 amide bonds. The third-order valence-corrected chi connectivity index (χ3v) is 5.42. The van der Waals surface area contributed by atoms with Crippen molar-refractivity contribution in [3.8, 4) is 11.3 Å². The van der Waals surface area contributed by atoms with E-state index in [4.69, 9.17) is 0 Å². The van der Waals surface area contributed by atoms with Crippen molar-refractivity contribution < 1.29 is 0 Å². The number of hydrogen-bond acceptors (Lipinski definition) is 4. The molecule has 0 saturated carbocycles. The van der Waals surface area contributed by atoms with Crippen LogP contribution in [0.5, 0.6) is 0 Å². The second-order valence-corrected chi connectivity index (χ2v) is 7.26. The van der Waals surface area contributed by atoms with Crippen LogP contribution >= 0.6 is 0 Å². The first-order valence-corrected chi connectivity index (χ1v) is 9.21. The molecule has 0 N–H and O–H groups in total. The van der Waals surface area contributed by atoms with Gasteiger partial charge in [0, 0.05) is 24.6 Å². The van der Waals surface area contributed by atoms with E-state index in [0.29, 0.717) is 5.92 Å². The predicted molar refractivity (Wildman–Crippen MR) is 107 cm³/mol. The van der Waals surface area contributed by atoms with E-state index in [9.17, 15) is 0 Å². The maximum Gasteiger partial charge on any atom is 0.138 e. The monoisotopic (exact) mass is 352 g/mol. The number of fused-ring (bicyclic) bond motifs is 2. The van der Waals surface area contributed by atoms with Crippen molar-refractivity contribution in [2.75, 3.05) is 13.6 Å². The van der Waals surface area contributed by atoms with E-state index < -0.39 is 0 Å². The third kappa shape index (κ3) is 2.98. The van der Waals surface area contributed by atoms with Crippen LogP contribution in [0.4, 0.5) is 0 Å². The summed E-state index contributed by atoms with van der Waals surface area (Å²) in [6.45, 7) is 1.98. The molecule has 5 rings (SSSR count). The first-order valence-electron chi connectivity index (χ1n) is 9.21. The van der Waals surface area contributed by atoms with Crippen LogP contribution in [0.3, 0.4) is 0 Å². The molecule has 1 unspecified atom stereocenters. The summed E-state index contributed by atoms with van der Waals surface area (Å²) in [5.41, 5.74) is 6.10. The Morgan fingerprint density at radius 1 is 0.926 bits per heavy atom. The lowest BCUT2D eigenvalue weighted by Gasteiger charge is -2.33. The van der Waals surface area contributed by atoms with Gasteiger partial charge in [0.1, 0.15) is 6.33 Å². The van der Waals surface area contributed by atoms with Crippen molar-refractivity contribution in [3.05, 3.63) is 89.9 Å². The van der Waals surface area contributed by atoms with Crippen molar-refractivity contribution in [1.29, 1.82) is 0 Å². The summed E-state index contributed by atoms with van der Waals surface area (Å²) in [7, 11) is 2.19. The second-order valence-electron chi connectivity index (χ2n) is 7.26. The van der Waals surface area contributed by atoms with E-state index in [-0.39, 0.29) is 0 Å². The van der Waals surface area contributed by atoms with Crippen LogP contribution in [0.25, 0.3) is 22.0 Å². The highest BCUT2D eigenvalue weighted by Gasteiger charge is 2.25. The molecule has 0 radical (unpaired) electrons. The molecule has 0 saturated heterocycles. The van der Waals surface area contributed by atoms with Gasteiger partial charge in [0.2, 0.25) is 0 Å². The summed E-state index contributed by atoms with van der Waals surface area (Å²) < 4.78 is 0. The molecule has 4 nitrogen and oxygen atoms in total. The lowest BCUT2D eigenvalue weighted by Crippen LogP contribution is -2.31. The summed E-state index contributed by atoms with van der Waals surface area (Å²) in [4.78, 5) is 6.73. The molecule has 1 aliphatic rings. The summed E-state index contributed by atoms with van der Waals surface area (Å²) in [6, 6.07) is 22.1. The number of likely N-dealkylation sites (N-methyl/N-ethyl adjacent to an activating group) is 1. The molecule has 4 aromatic rings. The number of benzene rings is 3. The lowest BCUT2D eigenvalue weighted by atomic mass is 9.83. The van der Waals surface area contributed by atoms with E-state index in [2.05, 4.69) is 87.8 Å². The normalized spacial score (nSPS) is 17.0. The first-order chi connectivity index (χ1) is 13.3. The van der Waals surface area contributed by atoms with Crippen LogP contribution in [-0.4, -0.2) is 33.7 Å². The lowest BCUT2D eigenvalue weighted by molar-refractivity contribution is 0.295. The van der Waals surface area contributed by atoms with Crippen LogP contribution < -0.4 is 0 Å². The minimum atomic E-state index is 0.376. The van der Waals surface area contributed by atoms with Gasteiger partial charge in [0.15, 0.2) is 0 Å². The predicted octanol–water partition coefficient (Wildman–Crippen LogP) is 4.27. The molecule has 0 aliphatic carbocycles. The van der Waals surface area contributed by atoms with Gasteiger partial charge >= 0.3 is 0 Å². The molecular formula is C23H20N4. The molecule has 1 aliphatic heterocycles. The summed E-state index contributed by atoms with van der Waals surface area (Å²) in [6.07, 6.45) is 3.22. The van der Waals surface area contributed by atoms with E-state index in [1.807, 2.05) is 0 Å². The standard InChI is InChI=1S/C23H20N4/c1-27-13-20-11-19(23-12-25-26-15-24-23)8-9-21(20)22(14-27)18-7-6-16-4-2-3-5-17(16)10-18/h2-12,15,22H,13-14H2,1H3. The quantitative estimate of drug-likeness (QED) is 0.540. The second kappa shape index (κ2) is 6.56. The average Bonchev–Trinajstić information content (AvgIpc) is 2.73. The van der Waals surface area contributed by atoms with Gasteiger partial charge < -0.3 is 4.90 Å². The van der Waals surface area contributed by atoms with Gasteiger partial charge in [0.25, 0.3) is 0 Å². The molecule has 3 aromatic carbocycles. The number of hydrogen-bond donors (Lipinski definition) is 0. The number of nitrogens with zero attached hydrogens (tertiary/aromatic N) is 4. The Morgan fingerprint density at radius 2 is 1.81 bits per heavy atom. The largest absolute Gasteiger partial charge is 0.301 e. The summed E-state index contributed by atoms with van der Waals surface area (Å²) in [5.74, 6) is 0.376. The molecule has 4 heteroatoms. The van der Waals surface area contributed by atoms with Crippen LogP contribution in [0.1, 0.15) is 22.6 Å². The average molecular weight is 352 g/mol. The van der Waals surface area contributed by atoms with Crippen molar-refractivity contribution in [2.45, 2.75) is 12.5 Å². The molecular weight excluding hydrogens is 332 g/mol. The van der Waals surface area contributed by atoms with E-state index >= 15 is 0 Å². The van der Waals surface area contributed by atoms with Gasteiger partial charge in [-0.25, -0.2) is 4.98 Å².